The third-order valence-electron chi connectivity index (χ3n) is 6.09. The van der Waals surface area contributed by atoms with Crippen molar-refractivity contribution in [2.24, 2.45) is 0 Å². The molecule has 0 amide bonds. The minimum absolute atomic E-state index is 0.281. The van der Waals surface area contributed by atoms with Crippen LogP contribution in [-0.4, -0.2) is 20.9 Å². The summed E-state index contributed by atoms with van der Waals surface area (Å²) in [7, 11) is 0. The highest BCUT2D eigenvalue weighted by Crippen LogP contribution is 2.31. The van der Waals surface area contributed by atoms with Gasteiger partial charge in [0.15, 0.2) is 0 Å². The number of carboxylic acids is 1. The molecular formula is C29H23ClN2O2. The summed E-state index contributed by atoms with van der Waals surface area (Å²) >= 11 is 6.10. The number of fused-ring (bicyclic) bond motifs is 1. The molecule has 0 aliphatic rings. The number of hydrogen-bond donors (Lipinski definition) is 1. The molecular weight excluding hydrogens is 444 g/mol. The molecule has 0 fully saturated rings. The largest absolute Gasteiger partial charge is 0.481 e. The lowest BCUT2D eigenvalue weighted by atomic mass is 9.90. The molecule has 0 unspecified atom stereocenters. The molecule has 1 atom stereocenters. The fraction of sp³-hybridized carbons (Fsp3) is 0.103. The van der Waals surface area contributed by atoms with Crippen molar-refractivity contribution in [3.8, 4) is 16.9 Å². The zero-order valence-electron chi connectivity index (χ0n) is 18.6. The van der Waals surface area contributed by atoms with Crippen LogP contribution in [0.1, 0.15) is 22.7 Å². The van der Waals surface area contributed by atoms with E-state index in [9.17, 15) is 9.90 Å². The third-order valence-corrected chi connectivity index (χ3v) is 6.34. The van der Waals surface area contributed by atoms with Crippen molar-refractivity contribution in [1.29, 1.82) is 0 Å². The van der Waals surface area contributed by atoms with Crippen LogP contribution >= 0.6 is 11.6 Å². The van der Waals surface area contributed by atoms with Crippen molar-refractivity contribution >= 4 is 28.3 Å². The molecule has 0 radical (unpaired) electrons. The van der Waals surface area contributed by atoms with Crippen LogP contribution in [0.2, 0.25) is 5.02 Å². The molecule has 1 heterocycles. The maximum absolute atomic E-state index is 12.4. The van der Waals surface area contributed by atoms with Crippen LogP contribution < -0.4 is 0 Å². The van der Waals surface area contributed by atoms with Crippen LogP contribution in [-0.2, 0) is 11.2 Å². The van der Waals surface area contributed by atoms with Crippen molar-refractivity contribution < 1.29 is 9.90 Å². The summed E-state index contributed by atoms with van der Waals surface area (Å²) in [6.07, 6.45) is 0.281. The van der Waals surface area contributed by atoms with E-state index in [1.165, 1.54) is 5.56 Å². The first kappa shape index (κ1) is 21.9. The monoisotopic (exact) mass is 466 g/mol. The second kappa shape index (κ2) is 9.16. The van der Waals surface area contributed by atoms with Gasteiger partial charge >= 0.3 is 5.97 Å². The lowest BCUT2D eigenvalue weighted by Gasteiger charge is -2.14. The highest BCUT2D eigenvalue weighted by atomic mass is 35.5. The van der Waals surface area contributed by atoms with Crippen LogP contribution in [0, 0.1) is 6.92 Å². The number of hydrogen-bond acceptors (Lipinski definition) is 2. The summed E-state index contributed by atoms with van der Waals surface area (Å²) in [5.41, 5.74) is 5.46. The Morgan fingerprint density at radius 3 is 2.38 bits per heavy atom. The summed E-state index contributed by atoms with van der Waals surface area (Å²) in [5.74, 6) is -1.58. The predicted octanol–water partition coefficient (Wildman–Crippen LogP) is 7.07. The Hall–Kier alpha value is -3.89. The van der Waals surface area contributed by atoms with Crippen LogP contribution in [0.5, 0.6) is 0 Å². The standard InChI is InChI=1S/C29H23ClN2O2/c1-19-9-11-21(12-10-19)28-18-23(31-32(28)24-15-13-22(30)14-16-24)17-27(29(33)34)26-8-4-6-20-5-2-3-7-25(20)26/h2-16,18,27H,17H2,1H3,(H,33,34)/t27-/m1/s1. The lowest BCUT2D eigenvalue weighted by Crippen LogP contribution is -2.15. The third kappa shape index (κ3) is 4.33. The Labute approximate surface area is 203 Å². The maximum Gasteiger partial charge on any atom is 0.311 e. The molecule has 34 heavy (non-hydrogen) atoms. The van der Waals surface area contributed by atoms with Crippen molar-refractivity contribution in [3.05, 3.63) is 119 Å². The number of rotatable bonds is 6. The summed E-state index contributed by atoms with van der Waals surface area (Å²) in [6, 6.07) is 31.4. The molecule has 0 spiro atoms. The molecule has 0 bridgehead atoms. The maximum atomic E-state index is 12.4. The fourth-order valence-electron chi connectivity index (χ4n) is 4.33. The molecule has 168 valence electrons. The molecule has 5 rings (SSSR count). The Bertz CT molecular complexity index is 1400. The Morgan fingerprint density at radius 2 is 1.65 bits per heavy atom. The highest BCUT2D eigenvalue weighted by molar-refractivity contribution is 6.30. The zero-order valence-corrected chi connectivity index (χ0v) is 19.4. The van der Waals surface area contributed by atoms with E-state index in [0.29, 0.717) is 10.7 Å². The van der Waals surface area contributed by atoms with Crippen LogP contribution in [0.3, 0.4) is 0 Å². The van der Waals surface area contributed by atoms with Gasteiger partial charge in [0.2, 0.25) is 0 Å². The number of nitrogens with zero attached hydrogens (tertiary/aromatic N) is 2. The van der Waals surface area contributed by atoms with Gasteiger partial charge in [-0.2, -0.15) is 5.10 Å². The number of aromatic nitrogens is 2. The van der Waals surface area contributed by atoms with Gasteiger partial charge in [0, 0.05) is 17.0 Å². The van der Waals surface area contributed by atoms with E-state index >= 15 is 0 Å². The van der Waals surface area contributed by atoms with Crippen molar-refractivity contribution in [2.75, 3.05) is 0 Å². The minimum atomic E-state index is -0.866. The highest BCUT2D eigenvalue weighted by Gasteiger charge is 2.24. The summed E-state index contributed by atoms with van der Waals surface area (Å²) in [5, 5.41) is 17.6. The number of carboxylic acid groups (broad SMARTS) is 1. The van der Waals surface area contributed by atoms with E-state index in [1.54, 1.807) is 0 Å². The number of carbonyl (C=O) groups is 1. The van der Waals surface area contributed by atoms with Gasteiger partial charge in [-0.25, -0.2) is 4.68 Å². The molecule has 0 saturated heterocycles. The van der Waals surface area contributed by atoms with E-state index in [4.69, 9.17) is 16.7 Å². The quantitative estimate of drug-likeness (QED) is 0.291. The lowest BCUT2D eigenvalue weighted by molar-refractivity contribution is -0.138. The van der Waals surface area contributed by atoms with E-state index in [-0.39, 0.29) is 6.42 Å². The number of aryl methyl sites for hydroxylation is 1. The average Bonchev–Trinajstić information content (AvgIpc) is 3.27. The summed E-state index contributed by atoms with van der Waals surface area (Å²) in [6.45, 7) is 2.05. The molecule has 5 aromatic rings. The molecule has 0 aliphatic heterocycles. The molecule has 4 aromatic carbocycles. The number of aliphatic carboxylic acids is 1. The summed E-state index contributed by atoms with van der Waals surface area (Å²) < 4.78 is 1.86. The smallest absolute Gasteiger partial charge is 0.311 e. The van der Waals surface area contributed by atoms with Gasteiger partial charge < -0.3 is 5.11 Å². The molecule has 1 aromatic heterocycles. The zero-order chi connectivity index (χ0) is 23.7. The van der Waals surface area contributed by atoms with Gasteiger partial charge in [-0.15, -0.1) is 0 Å². The molecule has 0 saturated carbocycles. The minimum Gasteiger partial charge on any atom is -0.481 e. The summed E-state index contributed by atoms with van der Waals surface area (Å²) in [4.78, 5) is 12.4. The van der Waals surface area contributed by atoms with Gasteiger partial charge in [0.1, 0.15) is 0 Å². The Balaban J connectivity index is 1.60. The predicted molar refractivity (Wildman–Crippen MR) is 137 cm³/mol. The molecule has 0 aliphatic carbocycles. The van der Waals surface area contributed by atoms with Crippen molar-refractivity contribution in [1.82, 2.24) is 9.78 Å². The van der Waals surface area contributed by atoms with Gasteiger partial charge in [-0.3, -0.25) is 4.79 Å². The van der Waals surface area contributed by atoms with E-state index < -0.39 is 11.9 Å². The first-order valence-electron chi connectivity index (χ1n) is 11.1. The average molecular weight is 467 g/mol. The SMILES string of the molecule is Cc1ccc(-c2cc(C[C@@H](C(=O)O)c3cccc4ccccc34)nn2-c2ccc(Cl)cc2)cc1. The normalized spacial score (nSPS) is 12.1. The Morgan fingerprint density at radius 1 is 0.941 bits per heavy atom. The van der Waals surface area contributed by atoms with Gasteiger partial charge in [-0.1, -0.05) is 83.9 Å². The van der Waals surface area contributed by atoms with E-state index in [2.05, 4.69) is 24.3 Å². The Kier molecular flexibility index (Phi) is 5.91. The van der Waals surface area contributed by atoms with Crippen LogP contribution in [0.4, 0.5) is 0 Å². The van der Waals surface area contributed by atoms with Crippen LogP contribution in [0.25, 0.3) is 27.7 Å². The number of halogens is 1. The van der Waals surface area contributed by atoms with E-state index in [0.717, 1.165) is 33.3 Å². The van der Waals surface area contributed by atoms with Gasteiger partial charge in [0.05, 0.1) is 23.0 Å². The second-order valence-electron chi connectivity index (χ2n) is 8.44. The fourth-order valence-corrected chi connectivity index (χ4v) is 4.46. The topological polar surface area (TPSA) is 55.1 Å². The van der Waals surface area contributed by atoms with Crippen LogP contribution in [0.15, 0.2) is 97.1 Å². The first-order chi connectivity index (χ1) is 16.5. The van der Waals surface area contributed by atoms with E-state index in [1.807, 2.05) is 84.4 Å². The van der Waals surface area contributed by atoms with Crippen molar-refractivity contribution in [2.45, 2.75) is 19.3 Å². The van der Waals surface area contributed by atoms with Gasteiger partial charge in [-0.05, 0) is 53.6 Å². The first-order valence-corrected chi connectivity index (χ1v) is 11.5. The van der Waals surface area contributed by atoms with Crippen molar-refractivity contribution in [3.63, 3.8) is 0 Å². The van der Waals surface area contributed by atoms with Gasteiger partial charge in [0.25, 0.3) is 0 Å². The second-order valence-corrected chi connectivity index (χ2v) is 8.87. The molecule has 4 nitrogen and oxygen atoms in total. The molecule has 5 heteroatoms. The number of benzene rings is 4. The molecule has 1 N–H and O–H groups in total.